The van der Waals surface area contributed by atoms with E-state index in [1.54, 1.807) is 0 Å². The highest BCUT2D eigenvalue weighted by molar-refractivity contribution is 7.46. The summed E-state index contributed by atoms with van der Waals surface area (Å²) in [5, 5.41) is 0. The van der Waals surface area contributed by atoms with Gasteiger partial charge in [0.15, 0.2) is 6.10 Å². The highest BCUT2D eigenvalue weighted by Crippen LogP contribution is 2.36. The molecular weight excluding hydrogens is 547 g/mol. The summed E-state index contributed by atoms with van der Waals surface area (Å²) >= 11 is 0. The van der Waals surface area contributed by atoms with Crippen molar-refractivity contribution in [3.63, 3.8) is 0 Å². The number of epoxide rings is 1. The van der Waals surface area contributed by atoms with Crippen LogP contribution < -0.4 is 0 Å². The van der Waals surface area contributed by atoms with E-state index in [9.17, 15) is 14.2 Å². The number of carbonyl (C=O) groups excluding carboxylic acids is 2. The Morgan fingerprint density at radius 2 is 1.34 bits per heavy atom. The van der Waals surface area contributed by atoms with Gasteiger partial charge in [-0.05, 0) is 38.5 Å². The molecule has 0 spiro atoms. The average molecular weight is 605 g/mol. The zero-order chi connectivity index (χ0) is 30.2. The summed E-state index contributed by atoms with van der Waals surface area (Å²) in [5.74, 6) is -0.915. The molecule has 1 aliphatic rings. The molecule has 9 nitrogen and oxygen atoms in total. The fourth-order valence-electron chi connectivity index (χ4n) is 4.67. The largest absolute Gasteiger partial charge is 0.469 e. The van der Waals surface area contributed by atoms with Crippen LogP contribution in [0.15, 0.2) is 12.2 Å². The Morgan fingerprint density at radius 1 is 0.756 bits per heavy atom. The number of hydrogen-bond acceptors (Lipinski definition) is 7. The van der Waals surface area contributed by atoms with Gasteiger partial charge in [-0.2, -0.15) is 0 Å². The van der Waals surface area contributed by atoms with Crippen molar-refractivity contribution in [2.75, 3.05) is 13.2 Å². The molecule has 2 N–H and O–H groups in total. The molecule has 0 aromatic carbocycles. The summed E-state index contributed by atoms with van der Waals surface area (Å²) in [5.41, 5.74) is 0. The van der Waals surface area contributed by atoms with Crippen LogP contribution in [0.3, 0.4) is 0 Å². The van der Waals surface area contributed by atoms with Crippen LogP contribution in [0.4, 0.5) is 0 Å². The maximum atomic E-state index is 12.3. The Balaban J connectivity index is 2.14. The van der Waals surface area contributed by atoms with Gasteiger partial charge in [-0.3, -0.25) is 14.1 Å². The average Bonchev–Trinajstić information content (AvgIpc) is 3.68. The first-order chi connectivity index (χ1) is 19.7. The normalized spacial score (nSPS) is 17.6. The zero-order valence-electron chi connectivity index (χ0n) is 25.6. The molecule has 1 saturated heterocycles. The van der Waals surface area contributed by atoms with E-state index in [-0.39, 0.29) is 19.4 Å². The third kappa shape index (κ3) is 23.9. The van der Waals surface area contributed by atoms with Crippen molar-refractivity contribution in [3.05, 3.63) is 12.2 Å². The number of ether oxygens (including phenoxy) is 3. The molecule has 1 rings (SSSR count). The second kappa shape index (κ2) is 24.2. The van der Waals surface area contributed by atoms with Crippen molar-refractivity contribution in [1.29, 1.82) is 0 Å². The van der Waals surface area contributed by atoms with Gasteiger partial charge in [-0.1, -0.05) is 103 Å². The number of carbonyl (C=O) groups is 2. The van der Waals surface area contributed by atoms with E-state index < -0.39 is 32.5 Å². The molecule has 3 atom stereocenters. The quantitative estimate of drug-likeness (QED) is 0.0303. The van der Waals surface area contributed by atoms with Gasteiger partial charge in [0.25, 0.3) is 0 Å². The monoisotopic (exact) mass is 604 g/mol. The first kappa shape index (κ1) is 37.8. The van der Waals surface area contributed by atoms with Crippen molar-refractivity contribution in [2.45, 2.75) is 161 Å². The molecule has 0 aliphatic carbocycles. The van der Waals surface area contributed by atoms with Crippen molar-refractivity contribution < 1.29 is 42.7 Å². The van der Waals surface area contributed by atoms with E-state index in [1.165, 1.54) is 38.5 Å². The third-order valence-corrected chi connectivity index (χ3v) is 7.69. The SMILES string of the molecule is CCCCC/C=C\CC1OC1CCCCCCCC(=O)O[C@H](COC(=O)CCCCCCCCC)COP(=O)(O)O. The third-order valence-electron chi connectivity index (χ3n) is 7.21. The predicted molar refractivity (Wildman–Crippen MR) is 160 cm³/mol. The lowest BCUT2D eigenvalue weighted by Crippen LogP contribution is -2.29. The van der Waals surface area contributed by atoms with Gasteiger partial charge in [-0.15, -0.1) is 0 Å². The molecule has 1 aliphatic heterocycles. The maximum Gasteiger partial charge on any atom is 0.469 e. The molecule has 0 amide bonds. The summed E-state index contributed by atoms with van der Waals surface area (Å²) < 4.78 is 31.8. The molecule has 0 bridgehead atoms. The zero-order valence-corrected chi connectivity index (χ0v) is 26.5. The lowest BCUT2D eigenvalue weighted by atomic mass is 10.1. The fourth-order valence-corrected chi connectivity index (χ4v) is 5.03. The van der Waals surface area contributed by atoms with Crippen molar-refractivity contribution in [2.24, 2.45) is 0 Å². The molecule has 0 aromatic rings. The van der Waals surface area contributed by atoms with Crippen LogP contribution >= 0.6 is 7.82 Å². The van der Waals surface area contributed by atoms with Crippen LogP contribution in [0.2, 0.25) is 0 Å². The number of phosphoric ester groups is 1. The fraction of sp³-hybridized carbons (Fsp3) is 0.871. The van der Waals surface area contributed by atoms with E-state index >= 15 is 0 Å². The summed E-state index contributed by atoms with van der Waals surface area (Å²) in [4.78, 5) is 42.3. The second-order valence-corrected chi connectivity index (χ2v) is 12.4. The van der Waals surface area contributed by atoms with Crippen LogP contribution in [-0.2, 0) is 32.9 Å². The minimum absolute atomic E-state index is 0.191. The van der Waals surface area contributed by atoms with Crippen LogP contribution in [0, 0.1) is 0 Å². The summed E-state index contributed by atoms with van der Waals surface area (Å²) in [6, 6.07) is 0. The summed E-state index contributed by atoms with van der Waals surface area (Å²) in [6.45, 7) is 3.55. The van der Waals surface area contributed by atoms with E-state index in [4.69, 9.17) is 24.0 Å². The molecule has 0 saturated carbocycles. The molecule has 240 valence electrons. The number of allylic oxidation sites excluding steroid dienone is 1. The smallest absolute Gasteiger partial charge is 0.462 e. The second-order valence-electron chi connectivity index (χ2n) is 11.2. The summed E-state index contributed by atoms with van der Waals surface area (Å²) in [7, 11) is -4.74. The number of hydrogen-bond donors (Lipinski definition) is 2. The lowest BCUT2D eigenvalue weighted by Gasteiger charge is -2.18. The van der Waals surface area contributed by atoms with Gasteiger partial charge in [0, 0.05) is 12.8 Å². The highest BCUT2D eigenvalue weighted by Gasteiger charge is 2.36. The van der Waals surface area contributed by atoms with Crippen LogP contribution in [0.5, 0.6) is 0 Å². The number of unbranched alkanes of at least 4 members (excludes halogenated alkanes) is 13. The number of rotatable bonds is 28. The van der Waals surface area contributed by atoms with E-state index in [1.807, 2.05) is 0 Å². The van der Waals surface area contributed by atoms with E-state index in [0.717, 1.165) is 70.6 Å². The minimum Gasteiger partial charge on any atom is -0.462 e. The maximum absolute atomic E-state index is 12.3. The van der Waals surface area contributed by atoms with Crippen molar-refractivity contribution in [1.82, 2.24) is 0 Å². The van der Waals surface area contributed by atoms with Gasteiger partial charge >= 0.3 is 19.8 Å². The first-order valence-electron chi connectivity index (χ1n) is 16.1. The van der Waals surface area contributed by atoms with E-state index in [2.05, 4.69) is 30.5 Å². The van der Waals surface area contributed by atoms with Gasteiger partial charge in [0.05, 0.1) is 18.8 Å². The van der Waals surface area contributed by atoms with Crippen molar-refractivity contribution in [3.8, 4) is 0 Å². The van der Waals surface area contributed by atoms with Crippen molar-refractivity contribution >= 4 is 19.8 Å². The number of phosphoric acid groups is 1. The molecule has 10 heteroatoms. The Morgan fingerprint density at radius 3 is 2.00 bits per heavy atom. The van der Waals surface area contributed by atoms with Gasteiger partial charge in [0.1, 0.15) is 6.61 Å². The van der Waals surface area contributed by atoms with Gasteiger partial charge < -0.3 is 24.0 Å². The Kier molecular flexibility index (Phi) is 22.3. The molecule has 2 unspecified atom stereocenters. The Labute approximate surface area is 248 Å². The van der Waals surface area contributed by atoms with Crippen LogP contribution in [-0.4, -0.2) is 53.3 Å². The van der Waals surface area contributed by atoms with Gasteiger partial charge in [-0.25, -0.2) is 4.57 Å². The molecule has 0 radical (unpaired) electrons. The first-order valence-corrected chi connectivity index (χ1v) is 17.6. The predicted octanol–water partition coefficient (Wildman–Crippen LogP) is 7.72. The Hall–Kier alpha value is -1.25. The van der Waals surface area contributed by atoms with Gasteiger partial charge in [0.2, 0.25) is 0 Å². The Bertz CT molecular complexity index is 752. The molecule has 0 aromatic heterocycles. The topological polar surface area (TPSA) is 132 Å². The molecule has 1 heterocycles. The minimum atomic E-state index is -4.74. The number of esters is 2. The van der Waals surface area contributed by atoms with Crippen LogP contribution in [0.1, 0.15) is 142 Å². The summed E-state index contributed by atoms with van der Waals surface area (Å²) in [6.07, 6.45) is 24.1. The highest BCUT2D eigenvalue weighted by atomic mass is 31.2. The van der Waals surface area contributed by atoms with E-state index in [0.29, 0.717) is 18.6 Å². The molecule has 41 heavy (non-hydrogen) atoms. The lowest BCUT2D eigenvalue weighted by molar-refractivity contribution is -0.161. The standard InChI is InChI=1S/C31H57O9P/c1-3-5-7-9-11-15-19-23-30(32)37-25-27(26-38-41(34,35)36)39-31(33)24-20-16-12-14-18-22-29-28(40-29)21-17-13-10-8-6-4-2/h13,17,27-29H,3-12,14-16,18-26H2,1-2H3,(H2,34,35,36)/b17-13-/t27-,28?,29?/m1/s1. The van der Waals surface area contributed by atoms with Crippen LogP contribution in [0.25, 0.3) is 0 Å². The molecule has 1 fully saturated rings. The molecular formula is C31H57O9P.